The van der Waals surface area contributed by atoms with Crippen molar-refractivity contribution in [3.63, 3.8) is 0 Å². The number of carbonyl (C=O) groups is 1. The molecule has 4 aromatic rings. The van der Waals surface area contributed by atoms with Crippen LogP contribution in [-0.2, 0) is 23.7 Å². The van der Waals surface area contributed by atoms with Crippen molar-refractivity contribution in [2.75, 3.05) is 41.8 Å². The van der Waals surface area contributed by atoms with E-state index in [1.807, 2.05) is 29.0 Å². The number of halogens is 2. The van der Waals surface area contributed by atoms with Gasteiger partial charge in [-0.2, -0.15) is 0 Å². The van der Waals surface area contributed by atoms with Gasteiger partial charge in [-0.3, -0.25) is 9.10 Å². The summed E-state index contributed by atoms with van der Waals surface area (Å²) in [6.45, 7) is 12.5. The standard InChI is InChI=1S/C33H42Cl2N4O5S2/c1-32(2,3)44-31(40)22-39(46(41,42)28-19-24(34)18-25(35)20-28)27-10-11-29-23(17-27)13-15-38(29)30-12-9-26(21-37-30)36-14-16-43-45(7,8)33(4,5)6/h9-13,15,17-21,36H,14,16,22H2,1-8H3. The molecular weight excluding hydrogens is 667 g/mol. The van der Waals surface area contributed by atoms with E-state index in [1.165, 1.54) is 18.2 Å². The van der Waals surface area contributed by atoms with Crippen LogP contribution in [0.3, 0.4) is 0 Å². The first-order valence-electron chi connectivity index (χ1n) is 14.7. The molecule has 0 bridgehead atoms. The van der Waals surface area contributed by atoms with E-state index in [4.69, 9.17) is 32.1 Å². The normalized spacial score (nSPS) is 13.1. The molecule has 0 atom stereocenters. The fourth-order valence-corrected chi connectivity index (χ4v) is 7.33. The number of fused-ring (bicyclic) bond motifs is 1. The van der Waals surface area contributed by atoms with Crippen molar-refractivity contribution in [2.24, 2.45) is 0 Å². The van der Waals surface area contributed by atoms with Crippen molar-refractivity contribution in [1.29, 1.82) is 0 Å². The number of ether oxygens (including phenoxy) is 1. The van der Waals surface area contributed by atoms with Gasteiger partial charge in [0.25, 0.3) is 10.0 Å². The number of esters is 1. The number of anilines is 2. The van der Waals surface area contributed by atoms with Crippen molar-refractivity contribution >= 4 is 71.8 Å². The minimum absolute atomic E-state index is 0.103. The SMILES string of the molecule is CC(C)(C)OC(=O)CN(c1ccc2c(ccn2-c2ccc(NCCOS(C)(C)C(C)(C)C)cn2)c1)S(=O)(=O)c1cc(Cl)cc(Cl)c1. The Morgan fingerprint density at radius 2 is 1.63 bits per heavy atom. The maximum absolute atomic E-state index is 13.9. The number of nitrogens with zero attached hydrogens (tertiary/aromatic N) is 3. The summed E-state index contributed by atoms with van der Waals surface area (Å²) in [5.74, 6) is -0.0137. The average molecular weight is 710 g/mol. The molecule has 2 aromatic heterocycles. The highest BCUT2D eigenvalue weighted by atomic mass is 35.5. The van der Waals surface area contributed by atoms with Gasteiger partial charge < -0.3 is 18.8 Å². The molecule has 2 aromatic carbocycles. The van der Waals surface area contributed by atoms with Crippen LogP contribution in [0.2, 0.25) is 10.0 Å². The Balaban J connectivity index is 1.58. The molecule has 0 fully saturated rings. The quantitative estimate of drug-likeness (QED) is 0.124. The molecule has 2 heterocycles. The molecule has 0 radical (unpaired) electrons. The minimum Gasteiger partial charge on any atom is -0.459 e. The highest BCUT2D eigenvalue weighted by Gasteiger charge is 2.31. The lowest BCUT2D eigenvalue weighted by Gasteiger charge is -2.43. The molecular formula is C33H42Cl2N4O5S2. The Hall–Kier alpha value is -2.96. The molecule has 0 saturated carbocycles. The van der Waals surface area contributed by atoms with Crippen LogP contribution in [0.1, 0.15) is 41.5 Å². The summed E-state index contributed by atoms with van der Waals surface area (Å²) in [7, 11) is -5.45. The number of pyridine rings is 1. The van der Waals surface area contributed by atoms with Crippen LogP contribution in [0.15, 0.2) is 71.9 Å². The van der Waals surface area contributed by atoms with Crippen LogP contribution in [0, 0.1) is 0 Å². The van der Waals surface area contributed by atoms with E-state index in [-0.39, 0.29) is 25.4 Å². The molecule has 0 amide bonds. The van der Waals surface area contributed by atoms with E-state index in [0.29, 0.717) is 19.0 Å². The zero-order chi connectivity index (χ0) is 34.1. The van der Waals surface area contributed by atoms with Crippen molar-refractivity contribution in [2.45, 2.75) is 56.8 Å². The molecule has 0 aliphatic rings. The van der Waals surface area contributed by atoms with Gasteiger partial charge in [-0.15, -0.1) is 10.3 Å². The van der Waals surface area contributed by atoms with E-state index in [9.17, 15) is 13.2 Å². The smallest absolute Gasteiger partial charge is 0.327 e. The fraction of sp³-hybridized carbons (Fsp3) is 0.394. The molecule has 0 aliphatic carbocycles. The Morgan fingerprint density at radius 3 is 2.22 bits per heavy atom. The van der Waals surface area contributed by atoms with Gasteiger partial charge in [0.1, 0.15) is 18.0 Å². The predicted octanol–water partition coefficient (Wildman–Crippen LogP) is 8.08. The average Bonchev–Trinajstić information content (AvgIpc) is 3.35. The molecule has 0 saturated heterocycles. The molecule has 46 heavy (non-hydrogen) atoms. The van der Waals surface area contributed by atoms with E-state index < -0.39 is 38.4 Å². The van der Waals surface area contributed by atoms with Gasteiger partial charge in [-0.1, -0.05) is 44.0 Å². The minimum atomic E-state index is -4.26. The maximum Gasteiger partial charge on any atom is 0.327 e. The maximum atomic E-state index is 13.9. The Labute approximate surface area is 283 Å². The van der Waals surface area contributed by atoms with Gasteiger partial charge in [0.15, 0.2) is 0 Å². The number of benzene rings is 2. The van der Waals surface area contributed by atoms with Gasteiger partial charge >= 0.3 is 5.97 Å². The topological polar surface area (TPSA) is 103 Å². The molecule has 9 nitrogen and oxygen atoms in total. The van der Waals surface area contributed by atoms with Gasteiger partial charge in [0.05, 0.1) is 34.6 Å². The number of rotatable bonds is 11. The van der Waals surface area contributed by atoms with E-state index in [1.54, 1.807) is 45.2 Å². The number of hydrogen-bond donors (Lipinski definition) is 1. The van der Waals surface area contributed by atoms with Crippen LogP contribution < -0.4 is 9.62 Å². The zero-order valence-corrected chi connectivity index (χ0v) is 30.6. The number of sulfonamides is 1. The van der Waals surface area contributed by atoms with Crippen molar-refractivity contribution < 1.29 is 22.1 Å². The monoisotopic (exact) mass is 708 g/mol. The first-order valence-corrected chi connectivity index (χ1v) is 19.2. The summed E-state index contributed by atoms with van der Waals surface area (Å²) in [6.07, 6.45) is 7.99. The molecule has 0 unspecified atom stereocenters. The van der Waals surface area contributed by atoms with Gasteiger partial charge in [-0.25, -0.2) is 13.4 Å². The molecule has 4 rings (SSSR count). The lowest BCUT2D eigenvalue weighted by atomic mass is 10.2. The molecule has 1 N–H and O–H groups in total. The van der Waals surface area contributed by atoms with Gasteiger partial charge in [0.2, 0.25) is 0 Å². The first-order chi connectivity index (χ1) is 21.3. The third-order valence-electron chi connectivity index (χ3n) is 7.36. The number of aromatic nitrogens is 2. The summed E-state index contributed by atoms with van der Waals surface area (Å²) in [6, 6.07) is 14.9. The Kier molecular flexibility index (Phi) is 10.6. The summed E-state index contributed by atoms with van der Waals surface area (Å²) in [5, 5.41) is 4.42. The predicted molar refractivity (Wildman–Crippen MR) is 192 cm³/mol. The Morgan fingerprint density at radius 1 is 0.957 bits per heavy atom. The van der Waals surface area contributed by atoms with Crippen LogP contribution >= 0.6 is 33.5 Å². The number of nitrogens with one attached hydrogen (secondary N) is 1. The second-order valence-corrected chi connectivity index (χ2v) is 19.8. The molecule has 13 heteroatoms. The number of carbonyl (C=O) groups excluding carboxylic acids is 1. The highest BCUT2D eigenvalue weighted by Crippen LogP contribution is 2.53. The third kappa shape index (κ3) is 8.68. The van der Waals surface area contributed by atoms with Crippen molar-refractivity contribution in [3.8, 4) is 5.82 Å². The third-order valence-corrected chi connectivity index (χ3v) is 13.3. The van der Waals surface area contributed by atoms with Crippen molar-refractivity contribution in [1.82, 2.24) is 9.55 Å². The van der Waals surface area contributed by atoms with Crippen LogP contribution in [-0.4, -0.2) is 66.5 Å². The summed E-state index contributed by atoms with van der Waals surface area (Å²) < 4.78 is 42.5. The summed E-state index contributed by atoms with van der Waals surface area (Å²) in [4.78, 5) is 17.4. The van der Waals surface area contributed by atoms with Crippen LogP contribution in [0.25, 0.3) is 16.7 Å². The fourth-order valence-electron chi connectivity index (χ4n) is 4.35. The van der Waals surface area contributed by atoms with Crippen molar-refractivity contribution in [3.05, 3.63) is 77.0 Å². The largest absolute Gasteiger partial charge is 0.459 e. The van der Waals surface area contributed by atoms with Gasteiger partial charge in [0, 0.05) is 32.9 Å². The summed E-state index contributed by atoms with van der Waals surface area (Å²) in [5.41, 5.74) is 1.15. The van der Waals surface area contributed by atoms with E-state index in [0.717, 1.165) is 20.9 Å². The number of hydrogen-bond acceptors (Lipinski definition) is 7. The lowest BCUT2D eigenvalue weighted by Crippen LogP contribution is -2.39. The second kappa shape index (κ2) is 13.6. The van der Waals surface area contributed by atoms with Gasteiger partial charge in [-0.05, 0) is 87.9 Å². The molecule has 250 valence electrons. The first kappa shape index (κ1) is 35.9. The molecule has 0 aliphatic heterocycles. The molecule has 0 spiro atoms. The zero-order valence-electron chi connectivity index (χ0n) is 27.4. The Bertz CT molecular complexity index is 1790. The van der Waals surface area contributed by atoms with Crippen LogP contribution in [0.5, 0.6) is 0 Å². The second-order valence-electron chi connectivity index (χ2n) is 13.1. The van der Waals surface area contributed by atoms with E-state index >= 15 is 0 Å². The van der Waals surface area contributed by atoms with Crippen LogP contribution in [0.4, 0.5) is 11.4 Å². The lowest BCUT2D eigenvalue weighted by molar-refractivity contribution is -0.152. The summed E-state index contributed by atoms with van der Waals surface area (Å²) >= 11 is 12.3. The van der Waals surface area contributed by atoms with E-state index in [2.05, 4.69) is 43.6 Å². The highest BCUT2D eigenvalue weighted by molar-refractivity contribution is 8.29.